The number of hydrogen-bond acceptors (Lipinski definition) is 4. The van der Waals surface area contributed by atoms with Gasteiger partial charge in [-0.1, -0.05) is 13.0 Å². The second-order valence-electron chi connectivity index (χ2n) is 4.11. The van der Waals surface area contributed by atoms with Crippen molar-refractivity contribution in [1.29, 1.82) is 0 Å². The Bertz CT molecular complexity index is 377. The first-order valence-corrected chi connectivity index (χ1v) is 5.79. The average molecular weight is 240 g/mol. The molecule has 1 heterocycles. The van der Waals surface area contributed by atoms with Gasteiger partial charge < -0.3 is 20.1 Å². The molecule has 0 fully saturated rings. The quantitative estimate of drug-likeness (QED) is 0.604. The van der Waals surface area contributed by atoms with E-state index in [1.165, 1.54) is 6.07 Å². The fraction of sp³-hybridized carbons (Fsp3) is 0.583. The number of hydrogen-bond donors (Lipinski definition) is 3. The van der Waals surface area contributed by atoms with E-state index >= 15 is 0 Å². The van der Waals surface area contributed by atoms with Gasteiger partial charge in [-0.2, -0.15) is 0 Å². The van der Waals surface area contributed by atoms with Gasteiger partial charge in [0, 0.05) is 25.4 Å². The smallest absolute Gasteiger partial charge is 0.250 e. The molecule has 0 aromatic carbocycles. The lowest BCUT2D eigenvalue weighted by Crippen LogP contribution is -2.52. The third kappa shape index (κ3) is 3.66. The van der Waals surface area contributed by atoms with Crippen LogP contribution in [0, 0.1) is 0 Å². The summed E-state index contributed by atoms with van der Waals surface area (Å²) < 4.78 is 1.59. The first-order valence-electron chi connectivity index (χ1n) is 5.79. The maximum absolute atomic E-state index is 11.4. The molecule has 1 aromatic rings. The van der Waals surface area contributed by atoms with Gasteiger partial charge in [-0.15, -0.1) is 0 Å². The maximum Gasteiger partial charge on any atom is 0.250 e. The van der Waals surface area contributed by atoms with Gasteiger partial charge >= 0.3 is 0 Å². The predicted molar refractivity (Wildman–Crippen MR) is 65.9 cm³/mol. The van der Waals surface area contributed by atoms with Gasteiger partial charge in [0.15, 0.2) is 0 Å². The monoisotopic (exact) mass is 240 g/mol. The molecule has 0 aliphatic heterocycles. The van der Waals surface area contributed by atoms with Crippen LogP contribution in [-0.2, 0) is 6.54 Å². The van der Waals surface area contributed by atoms with Crippen LogP contribution >= 0.6 is 0 Å². The molecule has 0 radical (unpaired) electrons. The molecule has 17 heavy (non-hydrogen) atoms. The van der Waals surface area contributed by atoms with Crippen LogP contribution in [0.25, 0.3) is 0 Å². The topological polar surface area (TPSA) is 74.5 Å². The Morgan fingerprint density at radius 2 is 2.06 bits per heavy atom. The van der Waals surface area contributed by atoms with Crippen molar-refractivity contribution in [2.45, 2.75) is 25.4 Å². The Kier molecular flexibility index (Phi) is 5.34. The van der Waals surface area contributed by atoms with Crippen LogP contribution in [0.4, 0.5) is 0 Å². The van der Waals surface area contributed by atoms with Crippen molar-refractivity contribution in [3.8, 4) is 0 Å². The number of aromatic nitrogens is 1. The van der Waals surface area contributed by atoms with Crippen LogP contribution in [0.5, 0.6) is 0 Å². The maximum atomic E-state index is 11.4. The minimum Gasteiger partial charge on any atom is -0.394 e. The second-order valence-corrected chi connectivity index (χ2v) is 4.11. The predicted octanol–water partition coefficient (Wildman–Crippen LogP) is -0.429. The largest absolute Gasteiger partial charge is 0.394 e. The molecular formula is C12H20N2O3. The first kappa shape index (κ1) is 13.9. The highest BCUT2D eigenvalue weighted by Crippen LogP contribution is 2.07. The molecule has 0 unspecified atom stereocenters. The van der Waals surface area contributed by atoms with Crippen molar-refractivity contribution in [1.82, 2.24) is 9.88 Å². The second kappa shape index (κ2) is 6.54. The van der Waals surface area contributed by atoms with E-state index in [0.717, 1.165) is 0 Å². The molecule has 0 aliphatic carbocycles. The number of pyridine rings is 1. The normalized spacial score (nSPS) is 11.7. The van der Waals surface area contributed by atoms with Crippen molar-refractivity contribution >= 4 is 0 Å². The zero-order valence-corrected chi connectivity index (χ0v) is 10.1. The molecule has 0 amide bonds. The molecule has 5 nitrogen and oxygen atoms in total. The van der Waals surface area contributed by atoms with Gasteiger partial charge in [-0.25, -0.2) is 0 Å². The standard InChI is InChI=1S/C12H20N2O3/c1-2-12(9-15,10-16)13-6-8-14-7-4-3-5-11(14)17/h3-5,7,13,15-16H,2,6,8-10H2,1H3. The van der Waals surface area contributed by atoms with Crippen LogP contribution in [0.1, 0.15) is 13.3 Å². The van der Waals surface area contributed by atoms with Gasteiger partial charge in [0.25, 0.3) is 5.56 Å². The van der Waals surface area contributed by atoms with Gasteiger partial charge in [-0.3, -0.25) is 4.79 Å². The molecule has 96 valence electrons. The molecule has 0 saturated heterocycles. The number of nitrogens with one attached hydrogen (secondary N) is 1. The van der Waals surface area contributed by atoms with Crippen molar-refractivity contribution in [3.63, 3.8) is 0 Å². The summed E-state index contributed by atoms with van der Waals surface area (Å²) in [6, 6.07) is 5.00. The Labute approximate surface area is 101 Å². The van der Waals surface area contributed by atoms with Crippen molar-refractivity contribution in [2.75, 3.05) is 19.8 Å². The third-order valence-electron chi connectivity index (χ3n) is 3.03. The van der Waals surface area contributed by atoms with Crippen molar-refractivity contribution in [2.24, 2.45) is 0 Å². The van der Waals surface area contributed by atoms with Gasteiger partial charge in [0.05, 0.1) is 18.8 Å². The Morgan fingerprint density at radius 3 is 2.59 bits per heavy atom. The highest BCUT2D eigenvalue weighted by molar-refractivity contribution is 4.93. The molecule has 0 aliphatic rings. The van der Waals surface area contributed by atoms with E-state index in [4.69, 9.17) is 0 Å². The van der Waals surface area contributed by atoms with Gasteiger partial charge in [0.2, 0.25) is 0 Å². The summed E-state index contributed by atoms with van der Waals surface area (Å²) >= 11 is 0. The lowest BCUT2D eigenvalue weighted by Gasteiger charge is -2.29. The summed E-state index contributed by atoms with van der Waals surface area (Å²) in [5, 5.41) is 21.6. The molecule has 0 bridgehead atoms. The average Bonchev–Trinajstić information content (AvgIpc) is 2.37. The van der Waals surface area contributed by atoms with E-state index in [1.54, 1.807) is 22.9 Å². The van der Waals surface area contributed by atoms with Crippen LogP contribution in [-0.4, -0.2) is 40.1 Å². The van der Waals surface area contributed by atoms with Crippen molar-refractivity contribution in [3.05, 3.63) is 34.7 Å². The molecule has 0 saturated carbocycles. The zero-order valence-electron chi connectivity index (χ0n) is 10.1. The summed E-state index contributed by atoms with van der Waals surface area (Å²) in [5.74, 6) is 0. The Morgan fingerprint density at radius 1 is 1.35 bits per heavy atom. The number of rotatable bonds is 7. The van der Waals surface area contributed by atoms with Crippen LogP contribution in [0.2, 0.25) is 0 Å². The van der Waals surface area contributed by atoms with E-state index in [0.29, 0.717) is 19.5 Å². The van der Waals surface area contributed by atoms with Crippen molar-refractivity contribution < 1.29 is 10.2 Å². The zero-order chi connectivity index (χ0) is 12.7. The minimum atomic E-state index is -0.654. The van der Waals surface area contributed by atoms with Crippen LogP contribution < -0.4 is 10.9 Å². The number of nitrogens with zero attached hydrogens (tertiary/aromatic N) is 1. The van der Waals surface area contributed by atoms with Gasteiger partial charge in [-0.05, 0) is 12.5 Å². The van der Waals surface area contributed by atoms with Gasteiger partial charge in [0.1, 0.15) is 0 Å². The molecule has 0 atom stereocenters. The highest BCUT2D eigenvalue weighted by atomic mass is 16.3. The number of aliphatic hydroxyl groups excluding tert-OH is 2. The Hall–Kier alpha value is -1.17. The SMILES string of the molecule is CCC(CO)(CO)NCCn1ccccc1=O. The molecule has 3 N–H and O–H groups in total. The lowest BCUT2D eigenvalue weighted by atomic mass is 9.99. The Balaban J connectivity index is 2.52. The summed E-state index contributed by atoms with van der Waals surface area (Å²) in [7, 11) is 0. The summed E-state index contributed by atoms with van der Waals surface area (Å²) in [5.41, 5.74) is -0.706. The lowest BCUT2D eigenvalue weighted by molar-refractivity contribution is 0.0871. The summed E-state index contributed by atoms with van der Waals surface area (Å²) in [6.07, 6.45) is 2.35. The fourth-order valence-electron chi connectivity index (χ4n) is 1.60. The van der Waals surface area contributed by atoms with E-state index in [-0.39, 0.29) is 18.8 Å². The molecule has 5 heteroatoms. The van der Waals surface area contributed by atoms with E-state index in [9.17, 15) is 15.0 Å². The van der Waals surface area contributed by atoms with E-state index in [1.807, 2.05) is 6.92 Å². The fourth-order valence-corrected chi connectivity index (χ4v) is 1.60. The highest BCUT2D eigenvalue weighted by Gasteiger charge is 2.25. The summed E-state index contributed by atoms with van der Waals surface area (Å²) in [4.78, 5) is 11.4. The molecule has 0 spiro atoms. The molecular weight excluding hydrogens is 220 g/mol. The third-order valence-corrected chi connectivity index (χ3v) is 3.03. The summed E-state index contributed by atoms with van der Waals surface area (Å²) in [6.45, 7) is 2.70. The van der Waals surface area contributed by atoms with Crippen LogP contribution in [0.15, 0.2) is 29.2 Å². The minimum absolute atomic E-state index is 0.0515. The number of aliphatic hydroxyl groups is 2. The van der Waals surface area contributed by atoms with E-state index in [2.05, 4.69) is 5.32 Å². The first-order chi connectivity index (χ1) is 8.17. The van der Waals surface area contributed by atoms with E-state index < -0.39 is 5.54 Å². The molecule has 1 aromatic heterocycles. The molecule has 1 rings (SSSR count). The van der Waals surface area contributed by atoms with Crippen LogP contribution in [0.3, 0.4) is 0 Å².